The first-order valence-electron chi connectivity index (χ1n) is 7.07. The standard InChI is InChI=1S/C17H17N3OS/c1-19-16(18-12-14-8-4-2-5-9-14)22-13-20(17(19)21)15-10-6-3-7-11-15/h2-11H,12-13H2,1H3. The van der Waals surface area contributed by atoms with Crippen LogP contribution in [0.2, 0.25) is 0 Å². The van der Waals surface area contributed by atoms with Gasteiger partial charge in [-0.25, -0.2) is 4.79 Å². The van der Waals surface area contributed by atoms with Crippen LogP contribution in [0, 0.1) is 0 Å². The third kappa shape index (κ3) is 3.14. The number of amidine groups is 1. The molecule has 2 aromatic rings. The summed E-state index contributed by atoms with van der Waals surface area (Å²) in [4.78, 5) is 20.4. The zero-order chi connectivity index (χ0) is 15.4. The number of thioether (sulfide) groups is 1. The molecule has 22 heavy (non-hydrogen) atoms. The Hall–Kier alpha value is -2.27. The molecule has 0 aromatic heterocycles. The molecule has 0 bridgehead atoms. The first kappa shape index (κ1) is 14.7. The van der Waals surface area contributed by atoms with E-state index in [0.717, 1.165) is 16.4 Å². The van der Waals surface area contributed by atoms with Gasteiger partial charge in [-0.15, -0.1) is 0 Å². The number of urea groups is 1. The van der Waals surface area contributed by atoms with Crippen LogP contribution in [0.3, 0.4) is 0 Å². The number of amides is 2. The topological polar surface area (TPSA) is 35.9 Å². The summed E-state index contributed by atoms with van der Waals surface area (Å²) in [5.74, 6) is 0.584. The fourth-order valence-electron chi connectivity index (χ4n) is 2.22. The second-order valence-corrected chi connectivity index (χ2v) is 5.88. The van der Waals surface area contributed by atoms with Gasteiger partial charge in [-0.2, -0.15) is 0 Å². The van der Waals surface area contributed by atoms with E-state index in [1.54, 1.807) is 28.6 Å². The molecule has 0 spiro atoms. The van der Waals surface area contributed by atoms with Crippen molar-refractivity contribution in [3.8, 4) is 0 Å². The second-order valence-electron chi connectivity index (χ2n) is 4.96. The first-order chi connectivity index (χ1) is 10.8. The molecule has 2 aromatic carbocycles. The quantitative estimate of drug-likeness (QED) is 0.864. The van der Waals surface area contributed by atoms with Crippen molar-refractivity contribution < 1.29 is 4.79 Å². The van der Waals surface area contributed by atoms with Crippen molar-refractivity contribution in [1.82, 2.24) is 4.90 Å². The molecule has 0 aliphatic carbocycles. The van der Waals surface area contributed by atoms with Gasteiger partial charge in [0.15, 0.2) is 5.17 Å². The maximum atomic E-state index is 12.5. The lowest BCUT2D eigenvalue weighted by molar-refractivity contribution is 0.233. The van der Waals surface area contributed by atoms with E-state index in [9.17, 15) is 4.79 Å². The van der Waals surface area contributed by atoms with Crippen LogP contribution in [-0.2, 0) is 6.54 Å². The van der Waals surface area contributed by atoms with Crippen LogP contribution in [0.1, 0.15) is 5.56 Å². The predicted molar refractivity (Wildman–Crippen MR) is 92.1 cm³/mol. The van der Waals surface area contributed by atoms with Crippen LogP contribution >= 0.6 is 11.8 Å². The summed E-state index contributed by atoms with van der Waals surface area (Å²) in [5, 5.41) is 0.765. The number of hydrogen-bond donors (Lipinski definition) is 0. The molecule has 1 aliphatic rings. The monoisotopic (exact) mass is 311 g/mol. The summed E-state index contributed by atoms with van der Waals surface area (Å²) >= 11 is 1.58. The summed E-state index contributed by atoms with van der Waals surface area (Å²) in [6.45, 7) is 0.589. The van der Waals surface area contributed by atoms with Gasteiger partial charge in [-0.3, -0.25) is 14.8 Å². The van der Waals surface area contributed by atoms with E-state index in [-0.39, 0.29) is 6.03 Å². The molecule has 4 nitrogen and oxygen atoms in total. The van der Waals surface area contributed by atoms with Crippen LogP contribution in [0.25, 0.3) is 0 Å². The molecule has 1 saturated heterocycles. The van der Waals surface area contributed by atoms with Crippen molar-refractivity contribution in [2.24, 2.45) is 4.99 Å². The van der Waals surface area contributed by atoms with Crippen LogP contribution in [0.5, 0.6) is 0 Å². The maximum absolute atomic E-state index is 12.5. The number of carbonyl (C=O) groups is 1. The molecule has 3 rings (SSSR count). The molecular formula is C17H17N3OS. The zero-order valence-corrected chi connectivity index (χ0v) is 13.2. The number of aliphatic imine (C=N–C) groups is 1. The lowest BCUT2D eigenvalue weighted by Gasteiger charge is -2.33. The highest BCUT2D eigenvalue weighted by atomic mass is 32.2. The average Bonchev–Trinajstić information content (AvgIpc) is 2.58. The molecule has 0 radical (unpaired) electrons. The third-order valence-corrected chi connectivity index (χ3v) is 4.48. The van der Waals surface area contributed by atoms with Crippen molar-refractivity contribution >= 4 is 28.6 Å². The SMILES string of the molecule is CN1C(=O)N(c2ccccc2)CSC1=NCc1ccccc1. The van der Waals surface area contributed by atoms with Crippen molar-refractivity contribution in [3.63, 3.8) is 0 Å². The Morgan fingerprint density at radius 3 is 2.36 bits per heavy atom. The van der Waals surface area contributed by atoms with E-state index >= 15 is 0 Å². The molecule has 0 atom stereocenters. The fourth-order valence-corrected chi connectivity index (χ4v) is 3.16. The number of anilines is 1. The first-order valence-corrected chi connectivity index (χ1v) is 8.06. The highest BCUT2D eigenvalue weighted by Crippen LogP contribution is 2.25. The summed E-state index contributed by atoms with van der Waals surface area (Å²) < 4.78 is 0. The molecule has 112 valence electrons. The van der Waals surface area contributed by atoms with Gasteiger partial charge in [-0.1, -0.05) is 60.3 Å². The smallest absolute Gasteiger partial charge is 0.284 e. The summed E-state index contributed by atoms with van der Waals surface area (Å²) in [6, 6.07) is 19.7. The number of rotatable bonds is 3. The van der Waals surface area contributed by atoms with Gasteiger partial charge in [0, 0.05) is 12.7 Å². The van der Waals surface area contributed by atoms with Crippen LogP contribution in [0.4, 0.5) is 10.5 Å². The minimum Gasteiger partial charge on any atom is -0.284 e. The van der Waals surface area contributed by atoms with Gasteiger partial charge in [0.2, 0.25) is 0 Å². The average molecular weight is 311 g/mol. The van der Waals surface area contributed by atoms with Gasteiger partial charge in [0.25, 0.3) is 0 Å². The number of para-hydroxylation sites is 1. The number of carbonyl (C=O) groups excluding carboxylic acids is 1. The van der Waals surface area contributed by atoms with E-state index in [0.29, 0.717) is 12.4 Å². The van der Waals surface area contributed by atoms with Crippen LogP contribution < -0.4 is 4.90 Å². The molecule has 1 aliphatic heterocycles. The minimum absolute atomic E-state index is 0.0447. The van der Waals surface area contributed by atoms with Gasteiger partial charge >= 0.3 is 6.03 Å². The number of hydrogen-bond acceptors (Lipinski definition) is 3. The van der Waals surface area contributed by atoms with Crippen molar-refractivity contribution in [2.45, 2.75) is 6.54 Å². The fraction of sp³-hybridized carbons (Fsp3) is 0.176. The highest BCUT2D eigenvalue weighted by molar-refractivity contribution is 8.14. The van der Waals surface area contributed by atoms with Crippen LogP contribution in [-0.4, -0.2) is 29.0 Å². The minimum atomic E-state index is -0.0447. The third-order valence-electron chi connectivity index (χ3n) is 3.44. The lowest BCUT2D eigenvalue weighted by Crippen LogP contribution is -2.48. The summed E-state index contributed by atoms with van der Waals surface area (Å²) in [7, 11) is 1.77. The predicted octanol–water partition coefficient (Wildman–Crippen LogP) is 3.81. The molecular weight excluding hydrogens is 294 g/mol. The molecule has 2 amide bonds. The summed E-state index contributed by atoms with van der Waals surface area (Å²) in [6.07, 6.45) is 0. The molecule has 5 heteroatoms. The van der Waals surface area contributed by atoms with Gasteiger partial charge in [0.05, 0.1) is 12.4 Å². The van der Waals surface area contributed by atoms with Gasteiger partial charge in [-0.05, 0) is 17.7 Å². The Morgan fingerprint density at radius 1 is 1.05 bits per heavy atom. The normalized spacial score (nSPS) is 17.1. The van der Waals surface area contributed by atoms with E-state index in [2.05, 4.69) is 4.99 Å². The van der Waals surface area contributed by atoms with Crippen molar-refractivity contribution in [2.75, 3.05) is 17.8 Å². The molecule has 0 saturated carbocycles. The lowest BCUT2D eigenvalue weighted by atomic mass is 10.2. The Morgan fingerprint density at radius 2 is 1.68 bits per heavy atom. The molecule has 0 unspecified atom stereocenters. The van der Waals surface area contributed by atoms with E-state index in [1.807, 2.05) is 60.7 Å². The molecule has 1 heterocycles. The van der Waals surface area contributed by atoms with Crippen molar-refractivity contribution in [3.05, 3.63) is 66.2 Å². The largest absolute Gasteiger partial charge is 0.331 e. The zero-order valence-electron chi connectivity index (χ0n) is 12.3. The Kier molecular flexibility index (Phi) is 4.44. The van der Waals surface area contributed by atoms with E-state index in [1.165, 1.54) is 0 Å². The molecule has 1 fully saturated rings. The van der Waals surface area contributed by atoms with Crippen molar-refractivity contribution in [1.29, 1.82) is 0 Å². The Bertz CT molecular complexity index is 673. The maximum Gasteiger partial charge on any atom is 0.331 e. The Labute approximate surface area is 134 Å². The number of nitrogens with zero attached hydrogens (tertiary/aromatic N) is 3. The highest BCUT2D eigenvalue weighted by Gasteiger charge is 2.29. The van der Waals surface area contributed by atoms with Crippen LogP contribution in [0.15, 0.2) is 65.7 Å². The van der Waals surface area contributed by atoms with Gasteiger partial charge in [0.1, 0.15) is 0 Å². The second kappa shape index (κ2) is 6.66. The van der Waals surface area contributed by atoms with E-state index < -0.39 is 0 Å². The summed E-state index contributed by atoms with van der Waals surface area (Å²) in [5.41, 5.74) is 2.05. The number of benzene rings is 2. The molecule has 0 N–H and O–H groups in total. The van der Waals surface area contributed by atoms with E-state index in [4.69, 9.17) is 0 Å². The Balaban J connectivity index is 1.72. The van der Waals surface area contributed by atoms with Gasteiger partial charge < -0.3 is 0 Å².